The van der Waals surface area contributed by atoms with Crippen molar-refractivity contribution in [3.8, 4) is 0 Å². The van der Waals surface area contributed by atoms with Gasteiger partial charge < -0.3 is 10.6 Å². The minimum Gasteiger partial charge on any atom is -0.356 e. The van der Waals surface area contributed by atoms with Crippen LogP contribution < -0.4 is 15.4 Å². The molecule has 3 amide bonds. The van der Waals surface area contributed by atoms with Crippen molar-refractivity contribution in [3.63, 3.8) is 0 Å². The number of urea groups is 1. The first-order chi connectivity index (χ1) is 14.0. The van der Waals surface area contributed by atoms with E-state index < -0.39 is 53.3 Å². The van der Waals surface area contributed by atoms with Crippen LogP contribution in [0.15, 0.2) is 6.07 Å². The van der Waals surface area contributed by atoms with Crippen molar-refractivity contribution in [1.82, 2.24) is 10.0 Å². The molecule has 0 bridgehead atoms. The van der Waals surface area contributed by atoms with E-state index in [1.165, 1.54) is 11.1 Å². The van der Waals surface area contributed by atoms with Crippen LogP contribution in [0, 0.1) is 0 Å². The summed E-state index contributed by atoms with van der Waals surface area (Å²) in [6, 6.07) is 1.28. The first-order valence-electron chi connectivity index (χ1n) is 9.85. The van der Waals surface area contributed by atoms with Crippen molar-refractivity contribution < 1.29 is 31.2 Å². The predicted octanol–water partition coefficient (Wildman–Crippen LogP) is 2.57. The highest BCUT2D eigenvalue weighted by atomic mass is 32.2. The Balaban J connectivity index is 1.54. The van der Waals surface area contributed by atoms with E-state index in [9.17, 15) is 31.2 Å². The summed E-state index contributed by atoms with van der Waals surface area (Å²) in [7, 11) is -4.12. The number of fused-ring (bicyclic) bond motifs is 2. The highest BCUT2D eigenvalue weighted by molar-refractivity contribution is 7.90. The van der Waals surface area contributed by atoms with Gasteiger partial charge in [-0.05, 0) is 60.8 Å². The van der Waals surface area contributed by atoms with Crippen LogP contribution in [0.3, 0.4) is 0 Å². The molecule has 11 heteroatoms. The summed E-state index contributed by atoms with van der Waals surface area (Å²) in [4.78, 5) is 23.9. The van der Waals surface area contributed by atoms with Crippen LogP contribution in [0.4, 0.5) is 23.7 Å². The maximum absolute atomic E-state index is 12.3. The Bertz CT molecular complexity index is 913. The number of hydrogen-bond acceptors (Lipinski definition) is 4. The lowest BCUT2D eigenvalue weighted by Gasteiger charge is -2.16. The third kappa shape index (κ3) is 5.87. The van der Waals surface area contributed by atoms with Gasteiger partial charge in [0.25, 0.3) is 0 Å². The summed E-state index contributed by atoms with van der Waals surface area (Å²) in [5.41, 5.74) is 5.16. The molecule has 0 saturated carbocycles. The number of alkyl halides is 3. The number of amides is 3. The van der Waals surface area contributed by atoms with Crippen LogP contribution in [0.25, 0.3) is 0 Å². The van der Waals surface area contributed by atoms with Gasteiger partial charge in [-0.1, -0.05) is 6.07 Å². The molecule has 0 fully saturated rings. The van der Waals surface area contributed by atoms with Crippen molar-refractivity contribution in [1.29, 1.82) is 0 Å². The lowest BCUT2D eigenvalue weighted by atomic mass is 9.99. The van der Waals surface area contributed by atoms with Crippen molar-refractivity contribution >= 4 is 27.6 Å². The summed E-state index contributed by atoms with van der Waals surface area (Å²) >= 11 is 0. The molecule has 2 aliphatic carbocycles. The predicted molar refractivity (Wildman–Crippen MR) is 105 cm³/mol. The molecule has 3 N–H and O–H groups in total. The maximum atomic E-state index is 12.3. The second-order valence-electron chi connectivity index (χ2n) is 7.57. The maximum Gasteiger partial charge on any atom is 0.390 e. The van der Waals surface area contributed by atoms with Crippen molar-refractivity contribution in [2.45, 2.75) is 57.5 Å². The van der Waals surface area contributed by atoms with E-state index in [0.29, 0.717) is 5.69 Å². The van der Waals surface area contributed by atoms with Gasteiger partial charge in [-0.3, -0.25) is 4.79 Å². The van der Waals surface area contributed by atoms with E-state index in [4.69, 9.17) is 0 Å². The summed E-state index contributed by atoms with van der Waals surface area (Å²) < 4.78 is 62.3. The lowest BCUT2D eigenvalue weighted by Crippen LogP contribution is -2.38. The van der Waals surface area contributed by atoms with Gasteiger partial charge in [0.15, 0.2) is 0 Å². The molecule has 0 unspecified atom stereocenters. The number of halogens is 3. The van der Waals surface area contributed by atoms with E-state index in [-0.39, 0.29) is 0 Å². The van der Waals surface area contributed by atoms with Gasteiger partial charge in [0, 0.05) is 18.7 Å². The van der Waals surface area contributed by atoms with Gasteiger partial charge in [0.05, 0.1) is 12.2 Å². The van der Waals surface area contributed by atoms with E-state index in [1.54, 1.807) is 0 Å². The quantitative estimate of drug-likeness (QED) is 0.598. The van der Waals surface area contributed by atoms with Crippen LogP contribution in [-0.2, 0) is 40.5 Å². The fourth-order valence-electron chi connectivity index (χ4n) is 3.96. The van der Waals surface area contributed by atoms with Crippen LogP contribution in [0.2, 0.25) is 0 Å². The molecule has 1 aromatic rings. The van der Waals surface area contributed by atoms with Crippen LogP contribution in [0.1, 0.15) is 47.9 Å². The molecule has 1 aromatic carbocycles. The Kier molecular flexibility index (Phi) is 6.59. The average Bonchev–Trinajstić information content (AvgIpc) is 3.27. The Morgan fingerprint density at radius 3 is 2.17 bits per heavy atom. The van der Waals surface area contributed by atoms with Gasteiger partial charge in [0.1, 0.15) is 0 Å². The molecule has 166 valence electrons. The molecule has 0 aromatic heterocycles. The molecule has 0 aliphatic heterocycles. The number of rotatable bonds is 7. The SMILES string of the molecule is O=C(CCS(=O)(=O)NC(=O)Nc1c2c(cc3c1CCC3)CCC2)NCCC(F)(F)F. The second-order valence-corrected chi connectivity index (χ2v) is 9.42. The fourth-order valence-corrected chi connectivity index (χ4v) is 4.85. The molecule has 0 atom stereocenters. The average molecular weight is 447 g/mol. The summed E-state index contributed by atoms with van der Waals surface area (Å²) in [6.45, 7) is -0.624. The Morgan fingerprint density at radius 1 is 1.00 bits per heavy atom. The van der Waals surface area contributed by atoms with E-state index in [1.807, 2.05) is 10.0 Å². The zero-order valence-corrected chi connectivity index (χ0v) is 17.1. The molecular formula is C19H24F3N3O4S. The van der Waals surface area contributed by atoms with Gasteiger partial charge in [-0.15, -0.1) is 0 Å². The Hall–Kier alpha value is -2.30. The number of benzene rings is 1. The fraction of sp³-hybridized carbons (Fsp3) is 0.579. The van der Waals surface area contributed by atoms with Crippen molar-refractivity contribution in [3.05, 3.63) is 28.3 Å². The normalized spacial score (nSPS) is 15.4. The van der Waals surface area contributed by atoms with Gasteiger partial charge in [-0.2, -0.15) is 13.2 Å². The highest BCUT2D eigenvalue weighted by Gasteiger charge is 2.27. The highest BCUT2D eigenvalue weighted by Crippen LogP contribution is 2.38. The Labute approximate surface area is 172 Å². The third-order valence-electron chi connectivity index (χ3n) is 5.29. The van der Waals surface area contributed by atoms with E-state index >= 15 is 0 Å². The molecular weight excluding hydrogens is 423 g/mol. The first-order valence-corrected chi connectivity index (χ1v) is 11.5. The molecule has 0 spiro atoms. The second kappa shape index (κ2) is 8.83. The first kappa shape index (κ1) is 22.4. The molecule has 30 heavy (non-hydrogen) atoms. The zero-order chi connectivity index (χ0) is 21.9. The number of anilines is 1. The number of aryl methyl sites for hydroxylation is 2. The molecule has 2 aliphatic rings. The summed E-state index contributed by atoms with van der Waals surface area (Å²) in [6.07, 6.45) is -0.675. The van der Waals surface area contributed by atoms with Gasteiger partial charge in [-0.25, -0.2) is 17.9 Å². The standard InChI is InChI=1S/C19H24F3N3O4S/c20-19(21,22)8-9-23-16(26)7-10-30(28,29)25-18(27)24-17-14-5-1-3-12(14)11-13-4-2-6-15(13)17/h11H,1-10H2,(H,23,26)(H2,24,25,27). The largest absolute Gasteiger partial charge is 0.390 e. The van der Waals surface area contributed by atoms with Crippen LogP contribution in [-0.4, -0.2) is 38.8 Å². The van der Waals surface area contributed by atoms with Crippen molar-refractivity contribution in [2.75, 3.05) is 17.6 Å². The van der Waals surface area contributed by atoms with Crippen LogP contribution in [0.5, 0.6) is 0 Å². The number of hydrogen-bond donors (Lipinski definition) is 3. The van der Waals surface area contributed by atoms with Crippen LogP contribution >= 0.6 is 0 Å². The van der Waals surface area contributed by atoms with Crippen molar-refractivity contribution in [2.24, 2.45) is 0 Å². The molecule has 0 heterocycles. The molecule has 0 radical (unpaired) electrons. The van der Waals surface area contributed by atoms with E-state index in [0.717, 1.165) is 49.7 Å². The molecule has 0 saturated heterocycles. The third-order valence-corrected chi connectivity index (χ3v) is 6.53. The zero-order valence-electron chi connectivity index (χ0n) is 16.3. The minimum atomic E-state index is -4.41. The van der Waals surface area contributed by atoms with Gasteiger partial charge in [0.2, 0.25) is 15.9 Å². The monoisotopic (exact) mass is 447 g/mol. The minimum absolute atomic E-state index is 0.545. The number of carbonyl (C=O) groups excluding carboxylic acids is 2. The number of carbonyl (C=O) groups is 2. The molecule has 7 nitrogen and oxygen atoms in total. The smallest absolute Gasteiger partial charge is 0.356 e. The number of sulfonamides is 1. The molecule has 3 rings (SSSR count). The number of nitrogens with one attached hydrogen (secondary N) is 3. The topological polar surface area (TPSA) is 104 Å². The van der Waals surface area contributed by atoms with E-state index in [2.05, 4.69) is 11.4 Å². The summed E-state index contributed by atoms with van der Waals surface area (Å²) in [5, 5.41) is 4.69. The summed E-state index contributed by atoms with van der Waals surface area (Å²) in [5.74, 6) is -1.53. The Morgan fingerprint density at radius 2 is 1.60 bits per heavy atom. The van der Waals surface area contributed by atoms with Gasteiger partial charge >= 0.3 is 12.2 Å². The lowest BCUT2D eigenvalue weighted by molar-refractivity contribution is -0.135.